The zero-order valence-corrected chi connectivity index (χ0v) is 19.1. The largest absolute Gasteiger partial charge is 0.383 e. The minimum Gasteiger partial charge on any atom is -0.383 e. The van der Waals surface area contributed by atoms with Crippen molar-refractivity contribution in [3.8, 4) is 0 Å². The summed E-state index contributed by atoms with van der Waals surface area (Å²) in [5, 5.41) is 0. The summed E-state index contributed by atoms with van der Waals surface area (Å²) < 4.78 is 5.39. The maximum absolute atomic E-state index is 11.8. The van der Waals surface area contributed by atoms with Crippen LogP contribution in [0, 0.1) is 5.92 Å². The van der Waals surface area contributed by atoms with E-state index in [0.717, 1.165) is 31.8 Å². The first-order valence-electron chi connectivity index (χ1n) is 11.7. The highest BCUT2D eigenvalue weighted by atomic mass is 16.5. The number of hydrogen-bond acceptors (Lipinski definition) is 4. The van der Waals surface area contributed by atoms with Crippen LogP contribution in [0.4, 0.5) is 0 Å². The molecular formula is C27H36N2O2. The monoisotopic (exact) mass is 420 g/mol. The molecule has 4 rings (SSSR count). The first-order valence-corrected chi connectivity index (χ1v) is 11.7. The van der Waals surface area contributed by atoms with Crippen LogP contribution in [-0.2, 0) is 24.1 Å². The van der Waals surface area contributed by atoms with Crippen molar-refractivity contribution in [3.05, 3.63) is 70.8 Å². The molecule has 0 saturated carbocycles. The Hall–Kier alpha value is -2.01. The molecule has 4 nitrogen and oxygen atoms in total. The smallest absolute Gasteiger partial charge is 0.159 e. The molecule has 1 heterocycles. The molecule has 0 spiro atoms. The van der Waals surface area contributed by atoms with Gasteiger partial charge in [-0.15, -0.1) is 0 Å². The van der Waals surface area contributed by atoms with Gasteiger partial charge in [0, 0.05) is 44.9 Å². The Labute approximate surface area is 187 Å². The fourth-order valence-electron chi connectivity index (χ4n) is 5.34. The van der Waals surface area contributed by atoms with Crippen LogP contribution in [0.25, 0.3) is 0 Å². The lowest BCUT2D eigenvalue weighted by Gasteiger charge is -2.38. The highest BCUT2D eigenvalue weighted by molar-refractivity contribution is 5.94. The fourth-order valence-corrected chi connectivity index (χ4v) is 5.34. The van der Waals surface area contributed by atoms with E-state index in [-0.39, 0.29) is 5.78 Å². The van der Waals surface area contributed by atoms with Crippen molar-refractivity contribution >= 4 is 5.78 Å². The number of ether oxygens (including phenoxy) is 1. The number of Topliss-reactive ketones (excluding diaryl/α,β-unsaturated/α-hetero) is 1. The van der Waals surface area contributed by atoms with E-state index in [2.05, 4.69) is 40.1 Å². The number of methoxy groups -OCH3 is 1. The maximum atomic E-state index is 11.8. The third-order valence-corrected chi connectivity index (χ3v) is 6.96. The van der Waals surface area contributed by atoms with E-state index in [1.165, 1.54) is 44.3 Å². The van der Waals surface area contributed by atoms with Crippen molar-refractivity contribution < 1.29 is 9.53 Å². The summed E-state index contributed by atoms with van der Waals surface area (Å²) in [5.74, 6) is 0.816. The molecule has 1 aliphatic carbocycles. The number of fused-ring (bicyclic) bond motifs is 1. The number of benzene rings is 2. The summed E-state index contributed by atoms with van der Waals surface area (Å²) >= 11 is 0. The normalized spacial score (nSPS) is 19.6. The molecule has 0 radical (unpaired) electrons. The summed E-state index contributed by atoms with van der Waals surface area (Å²) in [5.41, 5.74) is 5.10. The Balaban J connectivity index is 1.37. The third-order valence-electron chi connectivity index (χ3n) is 6.96. The van der Waals surface area contributed by atoms with Crippen LogP contribution >= 0.6 is 0 Å². The number of nitrogens with zero attached hydrogens (tertiary/aromatic N) is 2. The zero-order valence-electron chi connectivity index (χ0n) is 19.1. The molecule has 166 valence electrons. The second-order valence-electron chi connectivity index (χ2n) is 9.32. The van der Waals surface area contributed by atoms with Crippen molar-refractivity contribution in [1.29, 1.82) is 0 Å². The van der Waals surface area contributed by atoms with E-state index in [0.29, 0.717) is 12.0 Å². The van der Waals surface area contributed by atoms with E-state index in [1.54, 1.807) is 25.2 Å². The van der Waals surface area contributed by atoms with Gasteiger partial charge in [0.15, 0.2) is 5.78 Å². The van der Waals surface area contributed by atoms with Crippen LogP contribution < -0.4 is 0 Å². The van der Waals surface area contributed by atoms with E-state index in [1.807, 2.05) is 18.2 Å². The molecule has 0 bridgehead atoms. The number of piperidine rings is 1. The molecule has 1 saturated heterocycles. The SMILES string of the molecule is COCCN(Cc1cccc(C(C)=O)c1)CC1CCCN(C2Cc3ccccc3C2)C1. The van der Waals surface area contributed by atoms with Crippen molar-refractivity contribution in [2.45, 2.75) is 45.2 Å². The minimum atomic E-state index is 0.130. The molecule has 1 fully saturated rings. The molecule has 0 amide bonds. The zero-order chi connectivity index (χ0) is 21.6. The Bertz CT molecular complexity index is 856. The van der Waals surface area contributed by atoms with E-state index in [4.69, 9.17) is 4.74 Å². The number of ketones is 1. The molecule has 2 aromatic carbocycles. The Morgan fingerprint density at radius 1 is 1.13 bits per heavy atom. The van der Waals surface area contributed by atoms with Gasteiger partial charge in [0.05, 0.1) is 6.61 Å². The lowest BCUT2D eigenvalue weighted by molar-refractivity contribution is 0.0843. The summed E-state index contributed by atoms with van der Waals surface area (Å²) in [6, 6.07) is 17.7. The molecule has 4 heteroatoms. The predicted molar refractivity (Wildman–Crippen MR) is 126 cm³/mol. The van der Waals surface area contributed by atoms with Crippen LogP contribution in [0.5, 0.6) is 0 Å². The van der Waals surface area contributed by atoms with Crippen LogP contribution in [0.2, 0.25) is 0 Å². The minimum absolute atomic E-state index is 0.130. The molecule has 0 aromatic heterocycles. The van der Waals surface area contributed by atoms with Gasteiger partial charge in [0.1, 0.15) is 0 Å². The first kappa shape index (κ1) is 22.2. The third kappa shape index (κ3) is 5.82. The summed E-state index contributed by atoms with van der Waals surface area (Å²) in [6.07, 6.45) is 4.99. The average Bonchev–Trinajstić information content (AvgIpc) is 3.22. The summed E-state index contributed by atoms with van der Waals surface area (Å²) in [4.78, 5) is 17.0. The highest BCUT2D eigenvalue weighted by Crippen LogP contribution is 2.29. The quantitative estimate of drug-likeness (QED) is 0.569. The number of carbonyl (C=O) groups is 1. The van der Waals surface area contributed by atoms with Gasteiger partial charge in [-0.05, 0) is 67.8 Å². The molecule has 0 N–H and O–H groups in total. The van der Waals surface area contributed by atoms with Crippen molar-refractivity contribution in [2.24, 2.45) is 5.92 Å². The van der Waals surface area contributed by atoms with Gasteiger partial charge < -0.3 is 4.74 Å². The van der Waals surface area contributed by atoms with Crippen LogP contribution in [0.3, 0.4) is 0 Å². The Morgan fingerprint density at radius 2 is 1.90 bits per heavy atom. The Morgan fingerprint density at radius 3 is 2.61 bits per heavy atom. The molecule has 31 heavy (non-hydrogen) atoms. The topological polar surface area (TPSA) is 32.8 Å². The van der Waals surface area contributed by atoms with E-state index in [9.17, 15) is 4.79 Å². The van der Waals surface area contributed by atoms with Crippen molar-refractivity contribution in [3.63, 3.8) is 0 Å². The Kier molecular flexibility index (Phi) is 7.54. The van der Waals surface area contributed by atoms with E-state index < -0.39 is 0 Å². The number of rotatable bonds is 9. The van der Waals surface area contributed by atoms with Crippen molar-refractivity contribution in [2.75, 3.05) is 39.9 Å². The lowest BCUT2D eigenvalue weighted by atomic mass is 9.95. The van der Waals surface area contributed by atoms with Gasteiger partial charge in [-0.25, -0.2) is 0 Å². The first-order chi connectivity index (χ1) is 15.1. The second kappa shape index (κ2) is 10.5. The lowest BCUT2D eigenvalue weighted by Crippen LogP contribution is -2.46. The van der Waals surface area contributed by atoms with Crippen molar-refractivity contribution in [1.82, 2.24) is 9.80 Å². The summed E-state index contributed by atoms with van der Waals surface area (Å²) in [7, 11) is 1.77. The second-order valence-corrected chi connectivity index (χ2v) is 9.32. The summed E-state index contributed by atoms with van der Waals surface area (Å²) in [6.45, 7) is 7.68. The average molecular weight is 421 g/mol. The van der Waals surface area contributed by atoms with Gasteiger partial charge in [-0.1, -0.05) is 42.5 Å². The fraction of sp³-hybridized carbons (Fsp3) is 0.519. The number of carbonyl (C=O) groups excluding carboxylic acids is 1. The molecule has 1 atom stereocenters. The standard InChI is InChI=1S/C27H36N2O2/c1-21(30)24-11-5-7-22(15-24)18-28(13-14-31-2)19-23-8-6-12-29(20-23)27-16-25-9-3-4-10-26(25)17-27/h3-5,7,9-11,15,23,27H,6,8,12-14,16-20H2,1-2H3. The van der Waals surface area contributed by atoms with Gasteiger partial charge >= 0.3 is 0 Å². The molecule has 2 aliphatic rings. The van der Waals surface area contributed by atoms with Crippen LogP contribution in [0.15, 0.2) is 48.5 Å². The van der Waals surface area contributed by atoms with Gasteiger partial charge in [-0.2, -0.15) is 0 Å². The van der Waals surface area contributed by atoms with Gasteiger partial charge in [0.25, 0.3) is 0 Å². The van der Waals surface area contributed by atoms with Gasteiger partial charge in [-0.3, -0.25) is 14.6 Å². The molecule has 2 aromatic rings. The predicted octanol–water partition coefficient (Wildman–Crippen LogP) is 4.22. The molecule has 1 unspecified atom stereocenters. The molecular weight excluding hydrogens is 384 g/mol. The molecule has 1 aliphatic heterocycles. The highest BCUT2D eigenvalue weighted by Gasteiger charge is 2.31. The van der Waals surface area contributed by atoms with Gasteiger partial charge in [0.2, 0.25) is 0 Å². The van der Waals surface area contributed by atoms with E-state index >= 15 is 0 Å². The van der Waals surface area contributed by atoms with Crippen LogP contribution in [-0.4, -0.2) is 61.5 Å². The van der Waals surface area contributed by atoms with Crippen LogP contribution in [0.1, 0.15) is 46.8 Å². The maximum Gasteiger partial charge on any atom is 0.159 e. The number of likely N-dealkylation sites (tertiary alicyclic amines) is 1. The number of hydrogen-bond donors (Lipinski definition) is 0.